The fraction of sp³-hybridized carbons (Fsp3) is 0.375. The van der Waals surface area contributed by atoms with Crippen molar-refractivity contribution < 1.29 is 26.7 Å². The molecule has 184 valence electrons. The first kappa shape index (κ1) is 30.8. The second-order valence-electron chi connectivity index (χ2n) is 6.84. The molecule has 0 amide bonds. The Morgan fingerprint density at radius 1 is 1.12 bits per heavy atom. The maximum absolute atomic E-state index is 12.9. The Balaban J connectivity index is 0.00000242. The molecule has 0 saturated carbocycles. The minimum Gasteiger partial charge on any atom is -0.398 e. The predicted octanol–water partition coefficient (Wildman–Crippen LogP) is 6.73. The monoisotopic (exact) mass is 505 g/mol. The third-order valence-corrected chi connectivity index (χ3v) is 6.24. The molecule has 0 bridgehead atoms. The number of anilines is 1. The molecule has 9 heteroatoms. The lowest BCUT2D eigenvalue weighted by Gasteiger charge is -2.19. The first-order valence-corrected chi connectivity index (χ1v) is 12.4. The number of rotatable bonds is 5. The van der Waals surface area contributed by atoms with Crippen molar-refractivity contribution in [3.05, 3.63) is 74.9 Å². The second kappa shape index (κ2) is 12.8. The van der Waals surface area contributed by atoms with Crippen molar-refractivity contribution in [3.8, 4) is 0 Å². The number of hydrogen-bond donors (Lipinski definition) is 2. The molecule has 0 spiro atoms. The molecule has 1 aromatic rings. The van der Waals surface area contributed by atoms with Crippen LogP contribution in [0, 0.1) is 0 Å². The molecule has 1 unspecified atom stereocenters. The average molecular weight is 506 g/mol. The van der Waals surface area contributed by atoms with Gasteiger partial charge in [-0.3, -0.25) is 0 Å². The highest BCUT2D eigenvalue weighted by Gasteiger charge is 2.34. The van der Waals surface area contributed by atoms with Crippen LogP contribution < -0.4 is 5.73 Å². The van der Waals surface area contributed by atoms with Gasteiger partial charge in [0, 0.05) is 5.69 Å². The fourth-order valence-electron chi connectivity index (χ4n) is 2.51. The molecule has 1 aromatic carbocycles. The molecular formula is C24H31ClF3NO3S. The lowest BCUT2D eigenvalue weighted by atomic mass is 10.0. The number of alkyl halides is 3. The summed E-state index contributed by atoms with van der Waals surface area (Å²) in [4.78, 5) is -0.0173. The molecular weight excluding hydrogens is 475 g/mol. The zero-order valence-corrected chi connectivity index (χ0v) is 21.2. The molecule has 2 rings (SSSR count). The third kappa shape index (κ3) is 9.64. The first-order valence-electron chi connectivity index (χ1n) is 10.3. The zero-order chi connectivity index (χ0) is 26.0. The Labute approximate surface area is 199 Å². The average Bonchev–Trinajstić information content (AvgIpc) is 2.95. The Hall–Kier alpha value is -2.25. The van der Waals surface area contributed by atoms with Gasteiger partial charge in [0.15, 0.2) is 9.84 Å². The lowest BCUT2D eigenvalue weighted by molar-refractivity contribution is -0.137. The Morgan fingerprint density at radius 2 is 1.70 bits per heavy atom. The number of nitrogen functional groups attached to an aromatic ring is 1. The molecule has 0 radical (unpaired) electrons. The molecule has 0 aromatic heterocycles. The van der Waals surface area contributed by atoms with Crippen molar-refractivity contribution >= 4 is 33.2 Å². The zero-order valence-electron chi connectivity index (χ0n) is 19.6. The van der Waals surface area contributed by atoms with Crippen LogP contribution in [-0.2, 0) is 16.0 Å². The molecule has 0 fully saturated rings. The molecule has 0 heterocycles. The van der Waals surface area contributed by atoms with E-state index in [2.05, 4.69) is 5.73 Å². The van der Waals surface area contributed by atoms with Gasteiger partial charge in [-0.25, -0.2) is 8.42 Å². The summed E-state index contributed by atoms with van der Waals surface area (Å²) in [7, 11) is -3.87. The molecule has 1 aliphatic carbocycles. The van der Waals surface area contributed by atoms with E-state index in [1.807, 2.05) is 27.7 Å². The van der Waals surface area contributed by atoms with E-state index in [0.29, 0.717) is 6.07 Å². The summed E-state index contributed by atoms with van der Waals surface area (Å²) >= 11 is 5.68. The summed E-state index contributed by atoms with van der Waals surface area (Å²) < 4.78 is 63.8. The van der Waals surface area contributed by atoms with Gasteiger partial charge in [-0.15, -0.1) is 5.73 Å². The van der Waals surface area contributed by atoms with Gasteiger partial charge in [0.1, 0.15) is 0 Å². The Kier molecular flexibility index (Phi) is 12.0. The number of halogens is 4. The lowest BCUT2D eigenvalue weighted by Crippen LogP contribution is -2.32. The van der Waals surface area contributed by atoms with Crippen LogP contribution in [-0.4, -0.2) is 24.9 Å². The van der Waals surface area contributed by atoms with Gasteiger partial charge in [-0.2, -0.15) is 13.2 Å². The number of aliphatic hydroxyl groups is 1. The van der Waals surface area contributed by atoms with E-state index < -0.39 is 38.0 Å². The van der Waals surface area contributed by atoms with Crippen molar-refractivity contribution in [2.24, 2.45) is 0 Å². The summed E-state index contributed by atoms with van der Waals surface area (Å²) in [5.74, 6) is -0.651. The van der Waals surface area contributed by atoms with Crippen LogP contribution >= 0.6 is 11.6 Å². The molecule has 4 nitrogen and oxygen atoms in total. The number of hydrogen-bond acceptors (Lipinski definition) is 4. The van der Waals surface area contributed by atoms with Crippen molar-refractivity contribution in [1.82, 2.24) is 0 Å². The topological polar surface area (TPSA) is 80.4 Å². The van der Waals surface area contributed by atoms with Gasteiger partial charge in [-0.1, -0.05) is 57.5 Å². The van der Waals surface area contributed by atoms with Crippen LogP contribution in [0.3, 0.4) is 0 Å². The van der Waals surface area contributed by atoms with Gasteiger partial charge in [-0.05, 0) is 55.3 Å². The van der Waals surface area contributed by atoms with Gasteiger partial charge in [0.25, 0.3) is 0 Å². The summed E-state index contributed by atoms with van der Waals surface area (Å²) in [6, 6.07) is 1.70. The van der Waals surface area contributed by atoms with E-state index >= 15 is 0 Å². The largest absolute Gasteiger partial charge is 0.417 e. The van der Waals surface area contributed by atoms with Crippen molar-refractivity contribution in [1.29, 1.82) is 0 Å². The normalized spacial score (nSPS) is 15.4. The van der Waals surface area contributed by atoms with E-state index in [9.17, 15) is 26.7 Å². The SMILES string of the molecule is CC.CC.CC1=CC=C(S(=O)(=O)CC(C)(O)/C=C/c2cc(Cl)c(C(F)(F)F)cc2N)C=C=C1. The number of benzene rings is 1. The Morgan fingerprint density at radius 3 is 2.24 bits per heavy atom. The minimum absolute atomic E-state index is 0.0173. The summed E-state index contributed by atoms with van der Waals surface area (Å²) in [6.45, 7) is 11.0. The molecule has 1 atom stereocenters. The molecule has 1 aliphatic rings. The maximum atomic E-state index is 12.9. The predicted molar refractivity (Wildman–Crippen MR) is 132 cm³/mol. The highest BCUT2D eigenvalue weighted by atomic mass is 35.5. The van der Waals surface area contributed by atoms with Crippen molar-refractivity contribution in [2.75, 3.05) is 11.5 Å². The van der Waals surface area contributed by atoms with E-state index in [4.69, 9.17) is 17.3 Å². The smallest absolute Gasteiger partial charge is 0.398 e. The van der Waals surface area contributed by atoms with Crippen LogP contribution in [0.15, 0.2) is 58.7 Å². The molecule has 3 N–H and O–H groups in total. The molecule has 0 aliphatic heterocycles. The van der Waals surface area contributed by atoms with Crippen molar-refractivity contribution in [3.63, 3.8) is 0 Å². The van der Waals surface area contributed by atoms with E-state index in [1.165, 1.54) is 25.2 Å². The van der Waals surface area contributed by atoms with Gasteiger partial charge in [0.2, 0.25) is 0 Å². The fourth-order valence-corrected chi connectivity index (χ4v) is 4.35. The quantitative estimate of drug-likeness (QED) is 0.343. The Bertz CT molecular complexity index is 1080. The number of nitrogens with two attached hydrogens (primary N) is 1. The molecule has 0 saturated heterocycles. The van der Waals surface area contributed by atoms with E-state index in [-0.39, 0.29) is 16.2 Å². The van der Waals surface area contributed by atoms with E-state index in [1.54, 1.807) is 19.1 Å². The second-order valence-corrected chi connectivity index (χ2v) is 9.24. The highest BCUT2D eigenvalue weighted by molar-refractivity contribution is 7.95. The van der Waals surface area contributed by atoms with Gasteiger partial charge < -0.3 is 10.8 Å². The molecule has 33 heavy (non-hydrogen) atoms. The number of sulfone groups is 1. The van der Waals surface area contributed by atoms with Gasteiger partial charge in [0.05, 0.1) is 26.8 Å². The van der Waals surface area contributed by atoms with Crippen molar-refractivity contribution in [2.45, 2.75) is 53.3 Å². The van der Waals surface area contributed by atoms with Gasteiger partial charge >= 0.3 is 6.18 Å². The van der Waals surface area contributed by atoms with Crippen LogP contribution in [0.4, 0.5) is 18.9 Å². The summed E-state index contributed by atoms with van der Waals surface area (Å²) in [5, 5.41) is 9.95. The minimum atomic E-state index is -4.66. The maximum Gasteiger partial charge on any atom is 0.417 e. The third-order valence-electron chi connectivity index (χ3n) is 3.99. The highest BCUT2D eigenvalue weighted by Crippen LogP contribution is 2.37. The first-order chi connectivity index (χ1) is 15.2. The van der Waals surface area contributed by atoms with Crippen LogP contribution in [0.25, 0.3) is 6.08 Å². The van der Waals surface area contributed by atoms with Crippen LogP contribution in [0.1, 0.15) is 52.7 Å². The summed E-state index contributed by atoms with van der Waals surface area (Å²) in [6.07, 6.45) is 3.67. The number of allylic oxidation sites excluding steroid dienone is 4. The standard InChI is InChI=1S/C20H19ClF3NO3S.2C2H6/c1-13-4-3-5-15(7-6-13)29(27,28)12-19(2,26)9-8-14-10-17(21)16(11-18(14)25)20(22,23)24;2*1-2/h4-11,26H,12,25H2,1-2H3;2*1-2H3/b9-8+;;. The van der Waals surface area contributed by atoms with Crippen LogP contribution in [0.5, 0.6) is 0 Å². The summed E-state index contributed by atoms with van der Waals surface area (Å²) in [5.41, 5.74) is 6.22. The van der Waals surface area contributed by atoms with Crippen LogP contribution in [0.2, 0.25) is 5.02 Å². The van der Waals surface area contributed by atoms with E-state index in [0.717, 1.165) is 17.7 Å².